The first-order valence-electron chi connectivity index (χ1n) is 3.50. The number of hydrogen-bond acceptors (Lipinski definition) is 3. The Hall–Kier alpha value is -0.840. The molecular formula is C7H9BrN2O2. The van der Waals surface area contributed by atoms with Crippen molar-refractivity contribution >= 4 is 21.9 Å². The zero-order valence-corrected chi connectivity index (χ0v) is 8.46. The summed E-state index contributed by atoms with van der Waals surface area (Å²) >= 11 is 3.18. The van der Waals surface area contributed by atoms with E-state index in [-0.39, 0.29) is 5.97 Å². The molecule has 0 spiro atoms. The zero-order chi connectivity index (χ0) is 9.14. The number of nitrogens with zero attached hydrogens (tertiary/aromatic N) is 2. The molecule has 12 heavy (non-hydrogen) atoms. The number of methoxy groups -OCH3 is 1. The lowest BCUT2D eigenvalue weighted by atomic mass is 10.4. The summed E-state index contributed by atoms with van der Waals surface area (Å²) in [6.07, 6.45) is 0. The van der Waals surface area contributed by atoms with Crippen LogP contribution in [0.15, 0.2) is 10.7 Å². The van der Waals surface area contributed by atoms with Crippen molar-refractivity contribution in [2.24, 2.45) is 0 Å². The standard InChI is InChI=1S/C7H9BrN2O2/c1-3-10-5(7(11)12-2)4-6(8)9-10/h4H,3H2,1-2H3. The summed E-state index contributed by atoms with van der Waals surface area (Å²) in [6, 6.07) is 1.63. The molecule has 5 heteroatoms. The van der Waals surface area contributed by atoms with Crippen molar-refractivity contribution in [2.75, 3.05) is 7.11 Å². The molecule has 4 nitrogen and oxygen atoms in total. The fourth-order valence-corrected chi connectivity index (χ4v) is 1.30. The minimum atomic E-state index is -0.366. The Morgan fingerprint density at radius 3 is 3.00 bits per heavy atom. The van der Waals surface area contributed by atoms with Crippen molar-refractivity contribution in [3.05, 3.63) is 16.4 Å². The van der Waals surface area contributed by atoms with Gasteiger partial charge in [0.25, 0.3) is 0 Å². The van der Waals surface area contributed by atoms with Gasteiger partial charge in [0.15, 0.2) is 0 Å². The second-order valence-electron chi connectivity index (χ2n) is 2.16. The molecule has 0 aromatic carbocycles. The third-order valence-electron chi connectivity index (χ3n) is 1.44. The second-order valence-corrected chi connectivity index (χ2v) is 2.97. The molecule has 0 saturated carbocycles. The molecule has 0 N–H and O–H groups in total. The monoisotopic (exact) mass is 232 g/mol. The summed E-state index contributed by atoms with van der Waals surface area (Å²) in [7, 11) is 1.35. The molecular weight excluding hydrogens is 224 g/mol. The predicted molar refractivity (Wildman–Crippen MR) is 46.9 cm³/mol. The highest BCUT2D eigenvalue weighted by atomic mass is 79.9. The number of carbonyl (C=O) groups excluding carboxylic acids is 1. The molecule has 0 bridgehead atoms. The number of ether oxygens (including phenoxy) is 1. The number of carbonyl (C=O) groups is 1. The van der Waals surface area contributed by atoms with Gasteiger partial charge >= 0.3 is 5.97 Å². The highest BCUT2D eigenvalue weighted by Gasteiger charge is 2.12. The molecule has 1 heterocycles. The summed E-state index contributed by atoms with van der Waals surface area (Å²) in [4.78, 5) is 11.1. The minimum absolute atomic E-state index is 0.366. The largest absolute Gasteiger partial charge is 0.464 e. The summed E-state index contributed by atoms with van der Waals surface area (Å²) in [5.74, 6) is -0.366. The Kier molecular flexibility index (Phi) is 2.86. The van der Waals surface area contributed by atoms with E-state index >= 15 is 0 Å². The molecule has 1 rings (SSSR count). The molecule has 0 fully saturated rings. The fourth-order valence-electron chi connectivity index (χ4n) is 0.895. The average molecular weight is 233 g/mol. The maximum Gasteiger partial charge on any atom is 0.356 e. The van der Waals surface area contributed by atoms with Crippen LogP contribution in [0.2, 0.25) is 0 Å². The van der Waals surface area contributed by atoms with E-state index in [1.165, 1.54) is 7.11 Å². The Balaban J connectivity index is 3.04. The van der Waals surface area contributed by atoms with Gasteiger partial charge in [0.1, 0.15) is 10.3 Å². The van der Waals surface area contributed by atoms with E-state index in [2.05, 4.69) is 25.8 Å². The van der Waals surface area contributed by atoms with E-state index in [0.29, 0.717) is 16.8 Å². The van der Waals surface area contributed by atoms with Crippen LogP contribution in [0, 0.1) is 0 Å². The van der Waals surface area contributed by atoms with Crippen molar-refractivity contribution < 1.29 is 9.53 Å². The van der Waals surface area contributed by atoms with Crippen LogP contribution in [0.1, 0.15) is 17.4 Å². The SMILES string of the molecule is CCn1nc(Br)cc1C(=O)OC. The van der Waals surface area contributed by atoms with Crippen molar-refractivity contribution in [1.29, 1.82) is 0 Å². The molecule has 0 saturated heterocycles. The quantitative estimate of drug-likeness (QED) is 0.726. The molecule has 0 aliphatic heterocycles. The van der Waals surface area contributed by atoms with Crippen molar-refractivity contribution in [1.82, 2.24) is 9.78 Å². The van der Waals surface area contributed by atoms with Gasteiger partial charge in [-0.05, 0) is 22.9 Å². The maximum atomic E-state index is 11.1. The average Bonchev–Trinajstić information content (AvgIpc) is 2.45. The predicted octanol–water partition coefficient (Wildman–Crippen LogP) is 1.45. The van der Waals surface area contributed by atoms with E-state index in [1.807, 2.05) is 6.92 Å². The first kappa shape index (κ1) is 9.25. The van der Waals surface area contributed by atoms with E-state index in [1.54, 1.807) is 10.7 Å². The van der Waals surface area contributed by atoms with Crippen molar-refractivity contribution in [3.8, 4) is 0 Å². The second kappa shape index (κ2) is 3.71. The van der Waals surface area contributed by atoms with E-state index in [9.17, 15) is 4.79 Å². The fraction of sp³-hybridized carbons (Fsp3) is 0.429. The normalized spacial score (nSPS) is 9.92. The maximum absolute atomic E-state index is 11.1. The van der Waals surface area contributed by atoms with Crippen LogP contribution >= 0.6 is 15.9 Å². The number of aromatic nitrogens is 2. The van der Waals surface area contributed by atoms with Gasteiger partial charge < -0.3 is 4.74 Å². The number of aryl methyl sites for hydroxylation is 1. The Morgan fingerprint density at radius 2 is 2.50 bits per heavy atom. The van der Waals surface area contributed by atoms with E-state index < -0.39 is 0 Å². The van der Waals surface area contributed by atoms with Crippen LogP contribution < -0.4 is 0 Å². The molecule has 0 unspecified atom stereocenters. The zero-order valence-electron chi connectivity index (χ0n) is 6.87. The summed E-state index contributed by atoms with van der Waals surface area (Å²) in [5, 5.41) is 4.03. The van der Waals surface area contributed by atoms with Gasteiger partial charge in [0, 0.05) is 12.6 Å². The lowest BCUT2D eigenvalue weighted by Gasteiger charge is -2.00. The van der Waals surface area contributed by atoms with Crippen LogP contribution in [-0.2, 0) is 11.3 Å². The molecule has 0 amide bonds. The third-order valence-corrected chi connectivity index (χ3v) is 1.83. The van der Waals surface area contributed by atoms with Gasteiger partial charge in [-0.3, -0.25) is 4.68 Å². The van der Waals surface area contributed by atoms with Crippen molar-refractivity contribution in [2.45, 2.75) is 13.5 Å². The van der Waals surface area contributed by atoms with Crippen LogP contribution in [0.4, 0.5) is 0 Å². The van der Waals surface area contributed by atoms with Gasteiger partial charge in [-0.25, -0.2) is 4.79 Å². The van der Waals surface area contributed by atoms with Gasteiger partial charge in [0.05, 0.1) is 7.11 Å². The summed E-state index contributed by atoms with van der Waals surface area (Å²) in [5.41, 5.74) is 0.465. The van der Waals surface area contributed by atoms with Crippen LogP contribution in [0.25, 0.3) is 0 Å². The molecule has 0 aliphatic carbocycles. The van der Waals surface area contributed by atoms with Crippen LogP contribution in [0.3, 0.4) is 0 Å². The van der Waals surface area contributed by atoms with Gasteiger partial charge in [-0.15, -0.1) is 0 Å². The molecule has 0 aliphatic rings. The smallest absolute Gasteiger partial charge is 0.356 e. The Bertz CT molecular complexity index is 296. The summed E-state index contributed by atoms with van der Waals surface area (Å²) < 4.78 is 6.79. The lowest BCUT2D eigenvalue weighted by Crippen LogP contribution is -2.10. The summed E-state index contributed by atoms with van der Waals surface area (Å²) in [6.45, 7) is 2.56. The minimum Gasteiger partial charge on any atom is -0.464 e. The molecule has 66 valence electrons. The topological polar surface area (TPSA) is 44.1 Å². The van der Waals surface area contributed by atoms with Crippen molar-refractivity contribution in [3.63, 3.8) is 0 Å². The van der Waals surface area contributed by atoms with Gasteiger partial charge in [0.2, 0.25) is 0 Å². The molecule has 0 radical (unpaired) electrons. The number of rotatable bonds is 2. The van der Waals surface area contributed by atoms with Crippen LogP contribution in [0.5, 0.6) is 0 Å². The van der Waals surface area contributed by atoms with Gasteiger partial charge in [-0.2, -0.15) is 5.10 Å². The molecule has 0 atom stereocenters. The van der Waals surface area contributed by atoms with Gasteiger partial charge in [-0.1, -0.05) is 0 Å². The first-order valence-corrected chi connectivity index (χ1v) is 4.30. The number of halogens is 1. The molecule has 1 aromatic heterocycles. The van der Waals surface area contributed by atoms with E-state index in [4.69, 9.17) is 0 Å². The molecule has 1 aromatic rings. The lowest BCUT2D eigenvalue weighted by molar-refractivity contribution is 0.0587. The van der Waals surface area contributed by atoms with E-state index in [0.717, 1.165) is 0 Å². The number of hydrogen-bond donors (Lipinski definition) is 0. The highest BCUT2D eigenvalue weighted by molar-refractivity contribution is 9.10. The Morgan fingerprint density at radius 1 is 1.83 bits per heavy atom. The number of esters is 1. The first-order chi connectivity index (χ1) is 5.69. The highest BCUT2D eigenvalue weighted by Crippen LogP contribution is 2.11. The third kappa shape index (κ3) is 1.66. The van der Waals surface area contributed by atoms with Crippen LogP contribution in [-0.4, -0.2) is 22.9 Å². The Labute approximate surface area is 78.6 Å².